The molecule has 1 aliphatic carbocycles. The predicted octanol–water partition coefficient (Wildman–Crippen LogP) is 1.96. The lowest BCUT2D eigenvalue weighted by Crippen LogP contribution is -2.13. The number of rotatable bonds is 4. The van der Waals surface area contributed by atoms with Crippen LogP contribution in [0.2, 0.25) is 0 Å². The first-order valence-electron chi connectivity index (χ1n) is 5.50. The van der Waals surface area contributed by atoms with Gasteiger partial charge in [-0.05, 0) is 11.1 Å². The zero-order chi connectivity index (χ0) is 12.1. The fourth-order valence-corrected chi connectivity index (χ4v) is 1.69. The molecule has 3 nitrogen and oxygen atoms in total. The van der Waals surface area contributed by atoms with E-state index in [0.717, 1.165) is 11.1 Å². The first-order valence-corrected chi connectivity index (χ1v) is 5.50. The number of aliphatic hydroxyl groups is 1. The summed E-state index contributed by atoms with van der Waals surface area (Å²) in [5.74, 6) is -0.529. The molecule has 0 saturated carbocycles. The fraction of sp³-hybridized carbons (Fsp3) is 0.214. The molecule has 1 aromatic carbocycles. The number of hydrogen-bond acceptors (Lipinski definition) is 3. The SMILES string of the molecule is O=C(OCc1ccccc1CO)C1C=CC=C1. The molecule has 1 aromatic rings. The van der Waals surface area contributed by atoms with Gasteiger partial charge in [0.15, 0.2) is 0 Å². The Morgan fingerprint density at radius 1 is 1.18 bits per heavy atom. The number of aliphatic hydroxyl groups excluding tert-OH is 1. The van der Waals surface area contributed by atoms with Gasteiger partial charge in [-0.1, -0.05) is 48.6 Å². The molecular weight excluding hydrogens is 216 g/mol. The molecule has 0 amide bonds. The molecule has 3 heteroatoms. The molecule has 0 bridgehead atoms. The minimum absolute atomic E-state index is 0.0447. The van der Waals surface area contributed by atoms with E-state index in [1.54, 1.807) is 12.2 Å². The summed E-state index contributed by atoms with van der Waals surface area (Å²) in [5, 5.41) is 9.13. The van der Waals surface area contributed by atoms with E-state index in [1.165, 1.54) is 0 Å². The van der Waals surface area contributed by atoms with E-state index in [9.17, 15) is 4.79 Å². The van der Waals surface area contributed by atoms with Crippen LogP contribution in [-0.4, -0.2) is 11.1 Å². The quantitative estimate of drug-likeness (QED) is 0.804. The number of esters is 1. The van der Waals surface area contributed by atoms with Crippen molar-refractivity contribution in [1.29, 1.82) is 0 Å². The highest BCUT2D eigenvalue weighted by Gasteiger charge is 2.16. The van der Waals surface area contributed by atoms with Crippen molar-refractivity contribution < 1.29 is 14.6 Å². The van der Waals surface area contributed by atoms with Gasteiger partial charge in [-0.2, -0.15) is 0 Å². The van der Waals surface area contributed by atoms with Crippen LogP contribution in [0.4, 0.5) is 0 Å². The van der Waals surface area contributed by atoms with Gasteiger partial charge < -0.3 is 9.84 Å². The van der Waals surface area contributed by atoms with Crippen molar-refractivity contribution in [3.8, 4) is 0 Å². The molecule has 0 atom stereocenters. The van der Waals surface area contributed by atoms with Gasteiger partial charge in [0.25, 0.3) is 0 Å². The van der Waals surface area contributed by atoms with Crippen molar-refractivity contribution in [3.05, 3.63) is 59.7 Å². The van der Waals surface area contributed by atoms with Gasteiger partial charge in [-0.25, -0.2) is 0 Å². The molecule has 0 spiro atoms. The molecular formula is C14H14O3. The van der Waals surface area contributed by atoms with Crippen LogP contribution < -0.4 is 0 Å². The molecule has 0 saturated heterocycles. The van der Waals surface area contributed by atoms with Gasteiger partial charge in [-0.3, -0.25) is 4.79 Å². The van der Waals surface area contributed by atoms with E-state index in [2.05, 4.69) is 0 Å². The van der Waals surface area contributed by atoms with Gasteiger partial charge in [0.05, 0.1) is 12.5 Å². The topological polar surface area (TPSA) is 46.5 Å². The van der Waals surface area contributed by atoms with Crippen LogP contribution in [-0.2, 0) is 22.7 Å². The van der Waals surface area contributed by atoms with Gasteiger partial charge >= 0.3 is 5.97 Å². The lowest BCUT2D eigenvalue weighted by Gasteiger charge is -2.10. The zero-order valence-electron chi connectivity index (χ0n) is 9.37. The van der Waals surface area contributed by atoms with E-state index in [0.29, 0.717) is 0 Å². The third kappa shape index (κ3) is 2.82. The van der Waals surface area contributed by atoms with E-state index >= 15 is 0 Å². The summed E-state index contributed by atoms with van der Waals surface area (Å²) >= 11 is 0. The van der Waals surface area contributed by atoms with Crippen LogP contribution >= 0.6 is 0 Å². The molecule has 2 rings (SSSR count). The lowest BCUT2D eigenvalue weighted by atomic mass is 10.1. The number of benzene rings is 1. The molecule has 17 heavy (non-hydrogen) atoms. The van der Waals surface area contributed by atoms with Crippen molar-refractivity contribution in [3.63, 3.8) is 0 Å². The number of allylic oxidation sites excluding steroid dienone is 2. The number of carbonyl (C=O) groups excluding carboxylic acids is 1. The standard InChI is InChI=1S/C14H14O3/c15-9-12-7-3-4-8-13(12)10-17-14(16)11-5-1-2-6-11/h1-8,11,15H,9-10H2. The van der Waals surface area contributed by atoms with Crippen LogP contribution in [0.15, 0.2) is 48.6 Å². The smallest absolute Gasteiger partial charge is 0.317 e. The molecule has 1 aliphatic rings. The molecule has 88 valence electrons. The third-order valence-corrected chi connectivity index (χ3v) is 2.68. The summed E-state index contributed by atoms with van der Waals surface area (Å²) in [6.07, 6.45) is 7.24. The highest BCUT2D eigenvalue weighted by Crippen LogP contribution is 2.14. The Hall–Kier alpha value is -1.87. The fourth-order valence-electron chi connectivity index (χ4n) is 1.69. The molecule has 0 aromatic heterocycles. The summed E-state index contributed by atoms with van der Waals surface area (Å²) in [6, 6.07) is 7.37. The van der Waals surface area contributed by atoms with E-state index in [1.807, 2.05) is 36.4 Å². The number of carbonyl (C=O) groups is 1. The second-order valence-corrected chi connectivity index (χ2v) is 3.83. The maximum absolute atomic E-state index is 11.6. The van der Waals surface area contributed by atoms with Crippen LogP contribution in [0.3, 0.4) is 0 Å². The van der Waals surface area contributed by atoms with Crippen molar-refractivity contribution in [2.45, 2.75) is 13.2 Å². The van der Waals surface area contributed by atoms with E-state index < -0.39 is 0 Å². The van der Waals surface area contributed by atoms with Crippen molar-refractivity contribution in [2.75, 3.05) is 0 Å². The summed E-state index contributed by atoms with van der Waals surface area (Å²) < 4.78 is 5.20. The van der Waals surface area contributed by atoms with Gasteiger partial charge in [-0.15, -0.1) is 0 Å². The second kappa shape index (κ2) is 5.46. The first kappa shape index (κ1) is 11.6. The van der Waals surface area contributed by atoms with Crippen LogP contribution in [0.5, 0.6) is 0 Å². The Bertz CT molecular complexity index is 448. The van der Waals surface area contributed by atoms with Crippen molar-refractivity contribution >= 4 is 5.97 Å². The highest BCUT2D eigenvalue weighted by atomic mass is 16.5. The van der Waals surface area contributed by atoms with Crippen LogP contribution in [0, 0.1) is 5.92 Å². The highest BCUT2D eigenvalue weighted by molar-refractivity contribution is 5.77. The third-order valence-electron chi connectivity index (χ3n) is 2.68. The zero-order valence-corrected chi connectivity index (χ0v) is 9.37. The van der Waals surface area contributed by atoms with Crippen molar-refractivity contribution in [1.82, 2.24) is 0 Å². The van der Waals surface area contributed by atoms with E-state index in [4.69, 9.17) is 9.84 Å². The average molecular weight is 230 g/mol. The molecule has 0 radical (unpaired) electrons. The second-order valence-electron chi connectivity index (χ2n) is 3.83. The Balaban J connectivity index is 1.95. The van der Waals surface area contributed by atoms with E-state index in [-0.39, 0.29) is 25.1 Å². The van der Waals surface area contributed by atoms with Crippen LogP contribution in [0.25, 0.3) is 0 Å². The first-order chi connectivity index (χ1) is 8.31. The predicted molar refractivity (Wildman–Crippen MR) is 63.9 cm³/mol. The normalized spacial score (nSPS) is 14.2. The summed E-state index contributed by atoms with van der Waals surface area (Å²) in [5.41, 5.74) is 1.63. The Morgan fingerprint density at radius 2 is 1.82 bits per heavy atom. The molecule has 0 unspecified atom stereocenters. The number of hydrogen-bond donors (Lipinski definition) is 1. The molecule has 0 aliphatic heterocycles. The summed E-state index contributed by atoms with van der Waals surface area (Å²) in [4.78, 5) is 11.6. The summed E-state index contributed by atoms with van der Waals surface area (Å²) in [6.45, 7) is 0.157. The molecule has 1 N–H and O–H groups in total. The maximum atomic E-state index is 11.6. The monoisotopic (exact) mass is 230 g/mol. The average Bonchev–Trinajstić information content (AvgIpc) is 2.90. The maximum Gasteiger partial charge on any atom is 0.317 e. The Morgan fingerprint density at radius 3 is 2.47 bits per heavy atom. The van der Waals surface area contributed by atoms with Gasteiger partial charge in [0.1, 0.15) is 6.61 Å². The minimum atomic E-state index is -0.267. The summed E-state index contributed by atoms with van der Waals surface area (Å²) in [7, 11) is 0. The van der Waals surface area contributed by atoms with Gasteiger partial charge in [0.2, 0.25) is 0 Å². The van der Waals surface area contributed by atoms with Crippen molar-refractivity contribution in [2.24, 2.45) is 5.92 Å². The number of ether oxygens (including phenoxy) is 1. The minimum Gasteiger partial charge on any atom is -0.460 e. The van der Waals surface area contributed by atoms with Gasteiger partial charge in [0, 0.05) is 0 Å². The lowest BCUT2D eigenvalue weighted by molar-refractivity contribution is -0.146. The van der Waals surface area contributed by atoms with Crippen LogP contribution in [0.1, 0.15) is 11.1 Å². The largest absolute Gasteiger partial charge is 0.460 e. The molecule has 0 fully saturated rings. The Labute approximate surface area is 100 Å². The molecule has 0 heterocycles. The Kier molecular flexibility index (Phi) is 3.73.